The molecule has 1 atom stereocenters. The highest BCUT2D eigenvalue weighted by molar-refractivity contribution is 7.86. The number of anilines is 1. The van der Waals surface area contributed by atoms with Gasteiger partial charge in [-0.05, 0) is 31.2 Å². The SMILES string of the molecule is CC(=O)Nc1ccc(OC(=O)NC(C)S(=O)(=O)O)cc1. The van der Waals surface area contributed by atoms with Crippen LogP contribution in [0.3, 0.4) is 0 Å². The summed E-state index contributed by atoms with van der Waals surface area (Å²) in [5.41, 5.74) is 0.525. The van der Waals surface area contributed by atoms with E-state index in [-0.39, 0.29) is 11.7 Å². The zero-order valence-electron chi connectivity index (χ0n) is 10.8. The lowest BCUT2D eigenvalue weighted by atomic mass is 10.3. The van der Waals surface area contributed by atoms with E-state index >= 15 is 0 Å². The molecule has 0 aromatic heterocycles. The van der Waals surface area contributed by atoms with Gasteiger partial charge in [0.2, 0.25) is 5.91 Å². The molecule has 0 fully saturated rings. The Bertz CT molecular complexity index is 596. The fraction of sp³-hybridized carbons (Fsp3) is 0.273. The first-order valence-corrected chi connectivity index (χ1v) is 7.01. The minimum absolute atomic E-state index is 0.152. The van der Waals surface area contributed by atoms with Crippen molar-refractivity contribution in [2.24, 2.45) is 0 Å². The molecule has 9 heteroatoms. The number of hydrogen-bond donors (Lipinski definition) is 3. The second-order valence-electron chi connectivity index (χ2n) is 3.90. The first kappa shape index (κ1) is 15.9. The van der Waals surface area contributed by atoms with E-state index < -0.39 is 21.6 Å². The smallest absolute Gasteiger partial charge is 0.410 e. The molecule has 0 aliphatic carbocycles. The van der Waals surface area contributed by atoms with Crippen LogP contribution in [0.15, 0.2) is 24.3 Å². The minimum Gasteiger partial charge on any atom is -0.410 e. The summed E-state index contributed by atoms with van der Waals surface area (Å²) in [7, 11) is -4.37. The highest BCUT2D eigenvalue weighted by Gasteiger charge is 2.20. The lowest BCUT2D eigenvalue weighted by Crippen LogP contribution is -2.39. The molecule has 0 spiro atoms. The summed E-state index contributed by atoms with van der Waals surface area (Å²) in [5, 5.41) is 3.00. The van der Waals surface area contributed by atoms with Gasteiger partial charge in [-0.1, -0.05) is 0 Å². The standard InChI is InChI=1S/C11H14N2O6S/c1-7(14)12-9-3-5-10(6-4-9)19-11(15)13-8(2)20(16,17)18/h3-6,8H,1-2H3,(H,12,14)(H,13,15)(H,16,17,18). The quantitative estimate of drug-likeness (QED) is 0.712. The molecule has 0 aliphatic heterocycles. The molecule has 0 radical (unpaired) electrons. The van der Waals surface area contributed by atoms with E-state index in [1.165, 1.54) is 31.2 Å². The van der Waals surface area contributed by atoms with Gasteiger partial charge in [-0.25, -0.2) is 4.79 Å². The van der Waals surface area contributed by atoms with E-state index in [2.05, 4.69) is 5.32 Å². The van der Waals surface area contributed by atoms with Crippen LogP contribution in [0.4, 0.5) is 10.5 Å². The summed E-state index contributed by atoms with van der Waals surface area (Å²) in [5.74, 6) is -0.0856. The summed E-state index contributed by atoms with van der Waals surface area (Å²) in [6.07, 6.45) is -1.03. The molecule has 1 aromatic carbocycles. The van der Waals surface area contributed by atoms with Crippen molar-refractivity contribution >= 4 is 27.8 Å². The van der Waals surface area contributed by atoms with E-state index in [1.807, 2.05) is 5.32 Å². The maximum Gasteiger partial charge on any atom is 0.413 e. The van der Waals surface area contributed by atoms with Gasteiger partial charge in [0.05, 0.1) is 0 Å². The number of rotatable bonds is 4. The molecule has 0 saturated carbocycles. The van der Waals surface area contributed by atoms with Gasteiger partial charge in [0, 0.05) is 12.6 Å². The van der Waals surface area contributed by atoms with Crippen LogP contribution in [0, 0.1) is 0 Å². The van der Waals surface area contributed by atoms with Gasteiger partial charge in [-0.3, -0.25) is 9.35 Å². The summed E-state index contributed by atoms with van der Waals surface area (Å²) >= 11 is 0. The van der Waals surface area contributed by atoms with Gasteiger partial charge >= 0.3 is 6.09 Å². The summed E-state index contributed by atoms with van der Waals surface area (Å²) < 4.78 is 34.9. The largest absolute Gasteiger partial charge is 0.413 e. The van der Waals surface area contributed by atoms with Crippen LogP contribution in [0.2, 0.25) is 0 Å². The van der Waals surface area contributed by atoms with Crippen molar-refractivity contribution in [3.8, 4) is 5.75 Å². The van der Waals surface area contributed by atoms with Crippen molar-refractivity contribution < 1.29 is 27.3 Å². The second kappa shape index (κ2) is 6.35. The number of ether oxygens (including phenoxy) is 1. The molecule has 110 valence electrons. The van der Waals surface area contributed by atoms with Gasteiger partial charge in [0.25, 0.3) is 10.1 Å². The molecule has 2 amide bonds. The molecule has 0 saturated heterocycles. The first-order valence-electron chi connectivity index (χ1n) is 5.51. The van der Waals surface area contributed by atoms with Crippen LogP contribution in [0.25, 0.3) is 0 Å². The molecule has 20 heavy (non-hydrogen) atoms. The van der Waals surface area contributed by atoms with Crippen molar-refractivity contribution in [1.82, 2.24) is 5.32 Å². The summed E-state index contributed by atoms with van der Waals surface area (Å²) in [6, 6.07) is 5.86. The van der Waals surface area contributed by atoms with Gasteiger partial charge in [-0.2, -0.15) is 8.42 Å². The number of benzene rings is 1. The van der Waals surface area contributed by atoms with E-state index in [1.54, 1.807) is 0 Å². The van der Waals surface area contributed by atoms with Gasteiger partial charge in [0.15, 0.2) is 5.37 Å². The topological polar surface area (TPSA) is 122 Å². The second-order valence-corrected chi connectivity index (χ2v) is 5.63. The lowest BCUT2D eigenvalue weighted by Gasteiger charge is -2.11. The van der Waals surface area contributed by atoms with Crippen molar-refractivity contribution in [3.63, 3.8) is 0 Å². The Kier molecular flexibility index (Phi) is 5.06. The third-order valence-electron chi connectivity index (χ3n) is 2.15. The fourth-order valence-corrected chi connectivity index (χ4v) is 1.43. The zero-order valence-corrected chi connectivity index (χ0v) is 11.6. The molecule has 1 rings (SSSR count). The van der Waals surface area contributed by atoms with E-state index in [0.717, 1.165) is 6.92 Å². The first-order chi connectivity index (χ1) is 9.18. The Labute approximate surface area is 115 Å². The number of carbonyl (C=O) groups excluding carboxylic acids is 2. The fourth-order valence-electron chi connectivity index (χ4n) is 1.19. The van der Waals surface area contributed by atoms with Crippen LogP contribution in [-0.2, 0) is 14.9 Å². The highest BCUT2D eigenvalue weighted by Crippen LogP contribution is 2.15. The molecular weight excluding hydrogens is 288 g/mol. The van der Waals surface area contributed by atoms with Crippen molar-refractivity contribution in [1.29, 1.82) is 0 Å². The number of hydrogen-bond acceptors (Lipinski definition) is 5. The highest BCUT2D eigenvalue weighted by atomic mass is 32.2. The van der Waals surface area contributed by atoms with E-state index in [9.17, 15) is 18.0 Å². The molecule has 0 bridgehead atoms. The minimum atomic E-state index is -4.37. The molecular formula is C11H14N2O6S. The molecule has 3 N–H and O–H groups in total. The number of carbonyl (C=O) groups is 2. The van der Waals surface area contributed by atoms with Crippen LogP contribution < -0.4 is 15.4 Å². The summed E-state index contributed by atoms with van der Waals surface area (Å²) in [6.45, 7) is 2.45. The predicted molar refractivity (Wildman–Crippen MR) is 70.9 cm³/mol. The molecule has 8 nitrogen and oxygen atoms in total. The molecule has 1 aromatic rings. The van der Waals surface area contributed by atoms with Crippen molar-refractivity contribution in [2.45, 2.75) is 19.2 Å². The Balaban J connectivity index is 2.61. The molecule has 0 heterocycles. The van der Waals surface area contributed by atoms with Gasteiger partial charge in [0.1, 0.15) is 5.75 Å². The van der Waals surface area contributed by atoms with Crippen molar-refractivity contribution in [2.75, 3.05) is 5.32 Å². The van der Waals surface area contributed by atoms with Crippen LogP contribution >= 0.6 is 0 Å². The molecule has 1 unspecified atom stereocenters. The average molecular weight is 302 g/mol. The van der Waals surface area contributed by atoms with Crippen molar-refractivity contribution in [3.05, 3.63) is 24.3 Å². The third kappa shape index (κ3) is 5.24. The Morgan fingerprint density at radius 2 is 1.80 bits per heavy atom. The van der Waals surface area contributed by atoms with E-state index in [4.69, 9.17) is 9.29 Å². The van der Waals surface area contributed by atoms with Gasteiger partial charge < -0.3 is 15.4 Å². The number of nitrogens with one attached hydrogen (secondary N) is 2. The third-order valence-corrected chi connectivity index (χ3v) is 3.16. The van der Waals surface area contributed by atoms with Crippen LogP contribution in [0.5, 0.6) is 5.75 Å². The lowest BCUT2D eigenvalue weighted by molar-refractivity contribution is -0.114. The monoisotopic (exact) mass is 302 g/mol. The maximum atomic E-state index is 11.4. The Morgan fingerprint density at radius 1 is 1.25 bits per heavy atom. The summed E-state index contributed by atoms with van der Waals surface area (Å²) in [4.78, 5) is 22.2. The molecule has 0 aliphatic rings. The van der Waals surface area contributed by atoms with Crippen LogP contribution in [0.1, 0.15) is 13.8 Å². The Hall–Kier alpha value is -2.13. The average Bonchev–Trinajstić information content (AvgIpc) is 2.29. The van der Waals surface area contributed by atoms with Gasteiger partial charge in [-0.15, -0.1) is 0 Å². The van der Waals surface area contributed by atoms with E-state index in [0.29, 0.717) is 5.69 Å². The van der Waals surface area contributed by atoms with Crippen LogP contribution in [-0.4, -0.2) is 30.3 Å². The zero-order chi connectivity index (χ0) is 15.3. The number of amides is 2. The Morgan fingerprint density at radius 3 is 2.25 bits per heavy atom. The maximum absolute atomic E-state index is 11.4. The normalized spacial score (nSPS) is 12.3. The predicted octanol–water partition coefficient (Wildman–Crippen LogP) is 0.967.